The molecule has 3 rings (SSSR count). The number of halogens is 1. The van der Waals surface area contributed by atoms with Gasteiger partial charge >= 0.3 is 0 Å². The summed E-state index contributed by atoms with van der Waals surface area (Å²) in [6.45, 7) is 2.25. The fraction of sp³-hybridized carbons (Fsp3) is 0.562. The largest absolute Gasteiger partial charge is 0.333 e. The SMILES string of the molecule is O=C(C1CCCC1)N1CCNCC1c1cccc(F)c1. The van der Waals surface area contributed by atoms with Crippen molar-refractivity contribution in [3.63, 3.8) is 0 Å². The summed E-state index contributed by atoms with van der Waals surface area (Å²) >= 11 is 0. The monoisotopic (exact) mass is 276 g/mol. The van der Waals surface area contributed by atoms with Gasteiger partial charge in [0.2, 0.25) is 5.91 Å². The quantitative estimate of drug-likeness (QED) is 0.900. The summed E-state index contributed by atoms with van der Waals surface area (Å²) < 4.78 is 13.4. The van der Waals surface area contributed by atoms with Crippen LogP contribution in [0.25, 0.3) is 0 Å². The number of nitrogens with zero attached hydrogens (tertiary/aromatic N) is 1. The van der Waals surface area contributed by atoms with Gasteiger partial charge in [-0.2, -0.15) is 0 Å². The van der Waals surface area contributed by atoms with Crippen molar-refractivity contribution < 1.29 is 9.18 Å². The van der Waals surface area contributed by atoms with Crippen LogP contribution in [0, 0.1) is 11.7 Å². The molecule has 1 aromatic carbocycles. The van der Waals surface area contributed by atoms with Crippen molar-refractivity contribution in [2.75, 3.05) is 19.6 Å². The predicted octanol–water partition coefficient (Wildman–Crippen LogP) is 2.49. The Balaban J connectivity index is 1.81. The van der Waals surface area contributed by atoms with Gasteiger partial charge in [0.15, 0.2) is 0 Å². The van der Waals surface area contributed by atoms with Gasteiger partial charge in [0.1, 0.15) is 5.82 Å². The smallest absolute Gasteiger partial charge is 0.226 e. The predicted molar refractivity (Wildman–Crippen MR) is 75.7 cm³/mol. The van der Waals surface area contributed by atoms with Gasteiger partial charge in [0, 0.05) is 25.6 Å². The van der Waals surface area contributed by atoms with Crippen LogP contribution in [0.3, 0.4) is 0 Å². The molecular formula is C16H21FN2O. The lowest BCUT2D eigenvalue weighted by Gasteiger charge is -2.38. The molecule has 4 heteroatoms. The van der Waals surface area contributed by atoms with Gasteiger partial charge in [0.25, 0.3) is 0 Å². The Morgan fingerprint density at radius 1 is 1.30 bits per heavy atom. The van der Waals surface area contributed by atoms with Crippen molar-refractivity contribution in [3.05, 3.63) is 35.6 Å². The Kier molecular flexibility index (Phi) is 4.01. The normalized spacial score (nSPS) is 24.1. The lowest BCUT2D eigenvalue weighted by molar-refractivity contribution is -0.138. The maximum Gasteiger partial charge on any atom is 0.226 e. The van der Waals surface area contributed by atoms with E-state index in [1.54, 1.807) is 12.1 Å². The van der Waals surface area contributed by atoms with Gasteiger partial charge < -0.3 is 10.2 Å². The van der Waals surface area contributed by atoms with E-state index < -0.39 is 0 Å². The molecule has 1 aliphatic carbocycles. The van der Waals surface area contributed by atoms with E-state index in [-0.39, 0.29) is 23.7 Å². The average Bonchev–Trinajstić information content (AvgIpc) is 3.01. The summed E-state index contributed by atoms with van der Waals surface area (Å²) in [4.78, 5) is 14.6. The van der Waals surface area contributed by atoms with E-state index >= 15 is 0 Å². The third-order valence-corrected chi connectivity index (χ3v) is 4.46. The molecule has 2 fully saturated rings. The zero-order chi connectivity index (χ0) is 13.9. The minimum atomic E-state index is -0.235. The maximum atomic E-state index is 13.4. The molecule has 1 amide bonds. The van der Waals surface area contributed by atoms with Crippen LogP contribution in [-0.2, 0) is 4.79 Å². The van der Waals surface area contributed by atoms with Crippen molar-refractivity contribution >= 4 is 5.91 Å². The van der Waals surface area contributed by atoms with E-state index in [4.69, 9.17) is 0 Å². The van der Waals surface area contributed by atoms with Crippen LogP contribution < -0.4 is 5.32 Å². The number of benzene rings is 1. The average molecular weight is 276 g/mol. The molecule has 1 N–H and O–H groups in total. The molecule has 20 heavy (non-hydrogen) atoms. The van der Waals surface area contributed by atoms with Crippen LogP contribution in [0.15, 0.2) is 24.3 Å². The number of rotatable bonds is 2. The first-order chi connectivity index (χ1) is 9.75. The van der Waals surface area contributed by atoms with E-state index in [2.05, 4.69) is 5.32 Å². The third kappa shape index (κ3) is 2.70. The minimum Gasteiger partial charge on any atom is -0.333 e. The fourth-order valence-corrected chi connectivity index (χ4v) is 3.39. The van der Waals surface area contributed by atoms with Crippen LogP contribution >= 0.6 is 0 Å². The minimum absolute atomic E-state index is 0.0347. The highest BCUT2D eigenvalue weighted by atomic mass is 19.1. The Morgan fingerprint density at radius 2 is 2.10 bits per heavy atom. The molecule has 2 aliphatic rings. The first-order valence-electron chi connectivity index (χ1n) is 7.52. The first-order valence-corrected chi connectivity index (χ1v) is 7.52. The van der Waals surface area contributed by atoms with Crippen molar-refractivity contribution in [1.29, 1.82) is 0 Å². The van der Waals surface area contributed by atoms with Crippen LogP contribution in [-0.4, -0.2) is 30.4 Å². The van der Waals surface area contributed by atoms with Gasteiger partial charge in [-0.15, -0.1) is 0 Å². The Morgan fingerprint density at radius 3 is 2.85 bits per heavy atom. The lowest BCUT2D eigenvalue weighted by Crippen LogP contribution is -2.50. The number of carbonyl (C=O) groups is 1. The van der Waals surface area contributed by atoms with E-state index in [0.717, 1.165) is 44.3 Å². The molecule has 1 saturated heterocycles. The van der Waals surface area contributed by atoms with E-state index in [0.29, 0.717) is 6.54 Å². The summed E-state index contributed by atoms with van der Waals surface area (Å²) in [6, 6.07) is 6.59. The molecule has 1 atom stereocenters. The van der Waals surface area contributed by atoms with Crippen LogP contribution in [0.2, 0.25) is 0 Å². The maximum absolute atomic E-state index is 13.4. The second kappa shape index (κ2) is 5.92. The Bertz CT molecular complexity index is 485. The number of nitrogens with one attached hydrogen (secondary N) is 1. The molecule has 1 saturated carbocycles. The second-order valence-electron chi connectivity index (χ2n) is 5.79. The number of hydrogen-bond donors (Lipinski definition) is 1. The Hall–Kier alpha value is -1.42. The second-order valence-corrected chi connectivity index (χ2v) is 5.79. The summed E-state index contributed by atoms with van der Waals surface area (Å²) in [5, 5.41) is 3.31. The highest BCUT2D eigenvalue weighted by Crippen LogP contribution is 2.31. The van der Waals surface area contributed by atoms with E-state index in [1.807, 2.05) is 11.0 Å². The summed E-state index contributed by atoms with van der Waals surface area (Å²) in [5.74, 6) is 0.212. The molecule has 0 aromatic heterocycles. The van der Waals surface area contributed by atoms with E-state index in [9.17, 15) is 9.18 Å². The van der Waals surface area contributed by atoms with Crippen LogP contribution in [0.4, 0.5) is 4.39 Å². The molecule has 1 aromatic rings. The molecule has 3 nitrogen and oxygen atoms in total. The van der Waals surface area contributed by atoms with Crippen LogP contribution in [0.1, 0.15) is 37.3 Å². The number of hydrogen-bond acceptors (Lipinski definition) is 2. The molecule has 1 aliphatic heterocycles. The standard InChI is InChI=1S/C16H21FN2O/c17-14-7-3-6-13(10-14)15-11-18-8-9-19(15)16(20)12-4-1-2-5-12/h3,6-7,10,12,15,18H,1-2,4-5,8-9,11H2. The van der Waals surface area contributed by atoms with Crippen molar-refractivity contribution in [2.45, 2.75) is 31.7 Å². The fourth-order valence-electron chi connectivity index (χ4n) is 3.39. The van der Waals surface area contributed by atoms with Crippen LogP contribution in [0.5, 0.6) is 0 Å². The molecular weight excluding hydrogens is 255 g/mol. The van der Waals surface area contributed by atoms with Gasteiger partial charge in [-0.05, 0) is 30.5 Å². The summed E-state index contributed by atoms with van der Waals surface area (Å²) in [7, 11) is 0. The topological polar surface area (TPSA) is 32.3 Å². The number of carbonyl (C=O) groups excluding carboxylic acids is 1. The molecule has 0 spiro atoms. The van der Waals surface area contributed by atoms with E-state index in [1.165, 1.54) is 6.07 Å². The highest BCUT2D eigenvalue weighted by molar-refractivity contribution is 5.79. The van der Waals surface area contributed by atoms with Gasteiger partial charge in [-0.25, -0.2) is 4.39 Å². The summed E-state index contributed by atoms with van der Waals surface area (Å²) in [5.41, 5.74) is 0.892. The molecule has 0 bridgehead atoms. The molecule has 1 heterocycles. The van der Waals surface area contributed by atoms with Gasteiger partial charge in [-0.3, -0.25) is 4.79 Å². The zero-order valence-electron chi connectivity index (χ0n) is 11.6. The molecule has 108 valence electrons. The number of piperazine rings is 1. The summed E-state index contributed by atoms with van der Waals surface area (Å²) in [6.07, 6.45) is 4.34. The van der Waals surface area contributed by atoms with Crippen molar-refractivity contribution in [2.24, 2.45) is 5.92 Å². The molecule has 1 unspecified atom stereocenters. The van der Waals surface area contributed by atoms with Gasteiger partial charge in [0.05, 0.1) is 6.04 Å². The first kappa shape index (κ1) is 13.6. The van der Waals surface area contributed by atoms with Crippen molar-refractivity contribution in [1.82, 2.24) is 10.2 Å². The highest BCUT2D eigenvalue weighted by Gasteiger charge is 2.33. The number of amides is 1. The third-order valence-electron chi connectivity index (χ3n) is 4.46. The lowest BCUT2D eigenvalue weighted by atomic mass is 9.99. The Labute approximate surface area is 119 Å². The zero-order valence-corrected chi connectivity index (χ0v) is 11.6. The van der Waals surface area contributed by atoms with Crippen molar-refractivity contribution in [3.8, 4) is 0 Å². The van der Waals surface area contributed by atoms with Gasteiger partial charge in [-0.1, -0.05) is 25.0 Å². The molecule has 0 radical (unpaired) electrons.